The Morgan fingerprint density at radius 3 is 3.05 bits per heavy atom. The van der Waals surface area contributed by atoms with E-state index in [1.165, 1.54) is 0 Å². The van der Waals surface area contributed by atoms with Gasteiger partial charge in [0.1, 0.15) is 17.2 Å². The van der Waals surface area contributed by atoms with Gasteiger partial charge >= 0.3 is 0 Å². The first-order valence-corrected chi connectivity index (χ1v) is 8.41. The lowest BCUT2D eigenvalue weighted by molar-refractivity contribution is -0.114. The Hall–Kier alpha value is -0.960. The lowest BCUT2D eigenvalue weighted by Crippen LogP contribution is -2.72. The van der Waals surface area contributed by atoms with E-state index in [9.17, 15) is 8.42 Å². The van der Waals surface area contributed by atoms with E-state index in [1.807, 2.05) is 0 Å². The van der Waals surface area contributed by atoms with E-state index >= 15 is 0 Å². The third-order valence-corrected chi connectivity index (χ3v) is 5.31. The van der Waals surface area contributed by atoms with Gasteiger partial charge in [-0.25, -0.2) is 13.1 Å². The van der Waals surface area contributed by atoms with Crippen molar-refractivity contribution >= 4 is 10.0 Å². The summed E-state index contributed by atoms with van der Waals surface area (Å²) in [4.78, 5) is 0. The fraction of sp³-hybridized carbons (Fsp3) is 0.750. The van der Waals surface area contributed by atoms with Crippen molar-refractivity contribution in [1.29, 1.82) is 0 Å². The number of rotatable bonds is 4. The predicted octanol–water partition coefficient (Wildman–Crippen LogP) is -0.0929. The van der Waals surface area contributed by atoms with Crippen molar-refractivity contribution in [1.82, 2.24) is 9.88 Å². The van der Waals surface area contributed by atoms with Crippen molar-refractivity contribution in [2.45, 2.75) is 43.7 Å². The van der Waals surface area contributed by atoms with Crippen LogP contribution in [0.3, 0.4) is 0 Å². The van der Waals surface area contributed by atoms with Gasteiger partial charge in [0.25, 0.3) is 0 Å². The molecule has 0 amide bonds. The van der Waals surface area contributed by atoms with E-state index in [0.717, 1.165) is 12.8 Å². The van der Waals surface area contributed by atoms with Crippen LogP contribution in [0.5, 0.6) is 0 Å². The molecule has 2 heterocycles. The lowest BCUT2D eigenvalue weighted by atomic mass is 9.69. The maximum atomic E-state index is 12.1. The zero-order chi connectivity index (χ0) is 14.3. The minimum atomic E-state index is -3.50. The number of fused-ring (bicyclic) bond motifs is 1. The smallest absolute Gasteiger partial charge is 0.217 e. The molecule has 3 N–H and O–H groups in total. The normalized spacial score (nSPS) is 33.5. The zero-order valence-electron chi connectivity index (χ0n) is 11.3. The van der Waals surface area contributed by atoms with E-state index < -0.39 is 10.0 Å². The molecule has 7 nitrogen and oxygen atoms in total. The Morgan fingerprint density at radius 1 is 1.55 bits per heavy atom. The molecule has 1 saturated carbocycles. The van der Waals surface area contributed by atoms with Gasteiger partial charge in [0.05, 0.1) is 12.1 Å². The van der Waals surface area contributed by atoms with Crippen LogP contribution in [0.4, 0.5) is 0 Å². The van der Waals surface area contributed by atoms with E-state index in [4.69, 9.17) is 15.0 Å². The summed E-state index contributed by atoms with van der Waals surface area (Å²) in [6.45, 7) is 2.40. The van der Waals surface area contributed by atoms with Gasteiger partial charge in [-0.15, -0.1) is 0 Å². The summed E-state index contributed by atoms with van der Waals surface area (Å²) in [5, 5.41) is 3.70. The minimum Gasteiger partial charge on any atom is -0.376 e. The van der Waals surface area contributed by atoms with Crippen LogP contribution < -0.4 is 10.5 Å². The van der Waals surface area contributed by atoms with Gasteiger partial charge in [-0.2, -0.15) is 0 Å². The number of aromatic nitrogens is 1. The average Bonchev–Trinajstić information content (AvgIpc) is 2.80. The molecule has 0 spiro atoms. The third kappa shape index (κ3) is 2.60. The van der Waals surface area contributed by atoms with Crippen LogP contribution in [0.15, 0.2) is 10.6 Å². The van der Waals surface area contributed by atoms with Gasteiger partial charge in [0.2, 0.25) is 10.0 Å². The van der Waals surface area contributed by atoms with Crippen molar-refractivity contribution < 1.29 is 17.7 Å². The maximum absolute atomic E-state index is 12.1. The summed E-state index contributed by atoms with van der Waals surface area (Å²) < 4.78 is 37.4. The SMILES string of the molecule is Cc1cc(CS(=O)(=O)NC2C(N)C3CCCOC32)no1. The van der Waals surface area contributed by atoms with Crippen molar-refractivity contribution in [3.63, 3.8) is 0 Å². The highest BCUT2D eigenvalue weighted by Gasteiger charge is 2.51. The molecule has 4 unspecified atom stereocenters. The molecule has 0 bridgehead atoms. The molecule has 2 aliphatic rings. The van der Waals surface area contributed by atoms with Crippen molar-refractivity contribution in [2.75, 3.05) is 6.61 Å². The average molecular weight is 301 g/mol. The van der Waals surface area contributed by atoms with E-state index in [0.29, 0.717) is 18.1 Å². The number of ether oxygens (including phenoxy) is 1. The Bertz CT molecular complexity index is 585. The Morgan fingerprint density at radius 2 is 2.35 bits per heavy atom. The highest BCUT2D eigenvalue weighted by molar-refractivity contribution is 7.88. The number of nitrogens with zero attached hydrogens (tertiary/aromatic N) is 1. The van der Waals surface area contributed by atoms with Gasteiger partial charge in [-0.3, -0.25) is 0 Å². The number of nitrogens with two attached hydrogens (primary N) is 1. The van der Waals surface area contributed by atoms with Gasteiger partial charge in [0, 0.05) is 24.6 Å². The fourth-order valence-corrected chi connectivity index (χ4v) is 4.34. The van der Waals surface area contributed by atoms with Crippen LogP contribution in [-0.2, 0) is 20.5 Å². The zero-order valence-corrected chi connectivity index (χ0v) is 12.1. The number of nitrogens with one attached hydrogen (secondary N) is 1. The second-order valence-corrected chi connectivity index (χ2v) is 7.30. The first-order valence-electron chi connectivity index (χ1n) is 6.76. The van der Waals surface area contributed by atoms with E-state index in [1.54, 1.807) is 13.0 Å². The number of hydrogen-bond acceptors (Lipinski definition) is 6. The van der Waals surface area contributed by atoms with Crippen molar-refractivity contribution in [3.8, 4) is 0 Å². The van der Waals surface area contributed by atoms with Crippen LogP contribution in [0.25, 0.3) is 0 Å². The molecule has 1 aromatic rings. The summed E-state index contributed by atoms with van der Waals surface area (Å²) in [5.74, 6) is 0.655. The molecule has 4 atom stereocenters. The molecule has 2 fully saturated rings. The third-order valence-electron chi connectivity index (χ3n) is 4.01. The van der Waals surface area contributed by atoms with Crippen molar-refractivity contribution in [2.24, 2.45) is 11.7 Å². The number of hydrogen-bond donors (Lipinski definition) is 2. The van der Waals surface area contributed by atoms with Crippen LogP contribution in [0.1, 0.15) is 24.3 Å². The van der Waals surface area contributed by atoms with Gasteiger partial charge < -0.3 is 15.0 Å². The highest BCUT2D eigenvalue weighted by Crippen LogP contribution is 2.37. The first kappa shape index (κ1) is 14.0. The highest BCUT2D eigenvalue weighted by atomic mass is 32.2. The Labute approximate surface area is 117 Å². The minimum absolute atomic E-state index is 0.0902. The van der Waals surface area contributed by atoms with Crippen LogP contribution in [0, 0.1) is 12.8 Å². The van der Waals surface area contributed by atoms with Gasteiger partial charge in [0.15, 0.2) is 0 Å². The molecule has 8 heteroatoms. The topological polar surface area (TPSA) is 107 Å². The molecular weight excluding hydrogens is 282 g/mol. The summed E-state index contributed by atoms with van der Waals surface area (Å²) in [5.41, 5.74) is 6.43. The van der Waals surface area contributed by atoms with Crippen LogP contribution in [0.2, 0.25) is 0 Å². The second-order valence-electron chi connectivity index (χ2n) is 5.55. The molecule has 1 saturated heterocycles. The summed E-state index contributed by atoms with van der Waals surface area (Å²) in [7, 11) is -3.50. The molecule has 1 aromatic heterocycles. The monoisotopic (exact) mass is 301 g/mol. The lowest BCUT2D eigenvalue weighted by Gasteiger charge is -2.52. The summed E-state index contributed by atoms with van der Waals surface area (Å²) in [6.07, 6.45) is 1.91. The molecule has 0 radical (unpaired) electrons. The number of aryl methyl sites for hydroxylation is 1. The van der Waals surface area contributed by atoms with Crippen LogP contribution in [-0.4, -0.2) is 38.4 Å². The molecule has 0 aromatic carbocycles. The molecule has 1 aliphatic heterocycles. The Balaban J connectivity index is 1.64. The fourth-order valence-electron chi connectivity index (χ4n) is 3.02. The largest absolute Gasteiger partial charge is 0.376 e. The molecule has 3 rings (SSSR count). The quantitative estimate of drug-likeness (QED) is 0.804. The molecule has 112 valence electrons. The Kier molecular flexibility index (Phi) is 3.57. The first-order chi connectivity index (χ1) is 9.46. The predicted molar refractivity (Wildman–Crippen MR) is 71.2 cm³/mol. The van der Waals surface area contributed by atoms with E-state index in [-0.39, 0.29) is 29.9 Å². The summed E-state index contributed by atoms with van der Waals surface area (Å²) >= 11 is 0. The van der Waals surface area contributed by atoms with Gasteiger partial charge in [-0.1, -0.05) is 5.16 Å². The standard InChI is InChI=1S/C12H19N3O4S/c1-7-5-8(14-19-7)6-20(16,17)15-11-10(13)9-3-2-4-18-12(9)11/h5,9-12,15H,2-4,6,13H2,1H3. The molecule has 1 aliphatic carbocycles. The van der Waals surface area contributed by atoms with Crippen LogP contribution >= 0.6 is 0 Å². The van der Waals surface area contributed by atoms with Gasteiger partial charge in [-0.05, 0) is 19.8 Å². The van der Waals surface area contributed by atoms with Crippen molar-refractivity contribution in [3.05, 3.63) is 17.5 Å². The maximum Gasteiger partial charge on any atom is 0.217 e. The molecule has 20 heavy (non-hydrogen) atoms. The van der Waals surface area contributed by atoms with E-state index in [2.05, 4.69) is 9.88 Å². The number of sulfonamides is 1. The summed E-state index contributed by atoms with van der Waals surface area (Å²) in [6, 6.07) is 1.10. The second kappa shape index (κ2) is 5.10. The molecular formula is C12H19N3O4S.